The van der Waals surface area contributed by atoms with Crippen molar-refractivity contribution in [3.8, 4) is 0 Å². The van der Waals surface area contributed by atoms with E-state index < -0.39 is 11.9 Å². The number of carbonyl (C=O) groups is 2. The quantitative estimate of drug-likeness (QED) is 0.612. The molecule has 1 aromatic carbocycles. The zero-order chi connectivity index (χ0) is 12.8. The summed E-state index contributed by atoms with van der Waals surface area (Å²) in [6.45, 7) is 0. The Labute approximate surface area is 103 Å². The number of esters is 2. The maximum atomic E-state index is 11.4. The molecule has 0 unspecified atom stereocenters. The second kappa shape index (κ2) is 6.00. The molecule has 1 rings (SSSR count). The van der Waals surface area contributed by atoms with E-state index in [0.717, 1.165) is 6.21 Å². The van der Waals surface area contributed by atoms with E-state index in [1.807, 2.05) is 0 Å². The van der Waals surface area contributed by atoms with E-state index in [9.17, 15) is 9.59 Å². The second-order valence-corrected chi connectivity index (χ2v) is 3.37. The fraction of sp³-hybridized carbons (Fsp3) is 0.182. The van der Waals surface area contributed by atoms with E-state index in [4.69, 9.17) is 11.6 Å². The molecule has 5 nitrogen and oxygen atoms in total. The summed E-state index contributed by atoms with van der Waals surface area (Å²) in [5.74, 6) is -1.18. The Balaban J connectivity index is 3.11. The smallest absolute Gasteiger partial charge is 0.349 e. The molecule has 0 spiro atoms. The van der Waals surface area contributed by atoms with Gasteiger partial charge in [0.2, 0.25) is 0 Å². The third-order valence-corrected chi connectivity index (χ3v) is 2.11. The van der Waals surface area contributed by atoms with Gasteiger partial charge in [0.15, 0.2) is 0 Å². The maximum Gasteiger partial charge on any atom is 0.349 e. The fourth-order valence-electron chi connectivity index (χ4n) is 1.07. The van der Waals surface area contributed by atoms with Crippen LogP contribution in [0.15, 0.2) is 23.2 Å². The summed E-state index contributed by atoms with van der Waals surface area (Å²) >= 11 is 5.77. The van der Waals surface area contributed by atoms with E-state index in [2.05, 4.69) is 14.5 Å². The molecule has 0 saturated carbocycles. The molecule has 6 heteroatoms. The number of methoxy groups -OCH3 is 2. The van der Waals surface area contributed by atoms with Gasteiger partial charge < -0.3 is 9.47 Å². The summed E-state index contributed by atoms with van der Waals surface area (Å²) < 4.78 is 8.97. The number of halogens is 1. The highest BCUT2D eigenvalue weighted by atomic mass is 35.5. The topological polar surface area (TPSA) is 65.0 Å². The van der Waals surface area contributed by atoms with Gasteiger partial charge in [-0.25, -0.2) is 14.6 Å². The maximum absolute atomic E-state index is 11.4. The average molecular weight is 256 g/mol. The Hall–Kier alpha value is -1.88. The van der Waals surface area contributed by atoms with Gasteiger partial charge in [0, 0.05) is 5.02 Å². The third-order valence-electron chi connectivity index (χ3n) is 1.88. The summed E-state index contributed by atoms with van der Waals surface area (Å²) in [6, 6.07) is 4.45. The Morgan fingerprint density at radius 1 is 1.29 bits per heavy atom. The molecule has 0 amide bonds. The average Bonchev–Trinajstić information content (AvgIpc) is 2.35. The van der Waals surface area contributed by atoms with Crippen LogP contribution in [-0.4, -0.2) is 32.4 Å². The molecule has 0 aliphatic heterocycles. The minimum atomic E-state index is -0.624. The van der Waals surface area contributed by atoms with E-state index in [0.29, 0.717) is 5.02 Å². The standard InChI is InChI=1S/C11H10ClNO4/c1-16-10(14)6-13-9-5-7(12)3-4-8(9)11(15)17-2/h3-6H,1-2H3. The molecular weight excluding hydrogens is 246 g/mol. The second-order valence-electron chi connectivity index (χ2n) is 2.93. The number of ether oxygens (including phenoxy) is 2. The van der Waals surface area contributed by atoms with Crippen molar-refractivity contribution >= 4 is 35.4 Å². The summed E-state index contributed by atoms with van der Waals surface area (Å²) in [6.07, 6.45) is 0.956. The van der Waals surface area contributed by atoms with Crippen LogP contribution in [0.4, 0.5) is 5.69 Å². The van der Waals surface area contributed by atoms with Crippen LogP contribution in [0.3, 0.4) is 0 Å². The molecule has 0 aliphatic carbocycles. The van der Waals surface area contributed by atoms with Crippen molar-refractivity contribution < 1.29 is 19.1 Å². The molecule has 90 valence electrons. The predicted molar refractivity (Wildman–Crippen MR) is 63.0 cm³/mol. The van der Waals surface area contributed by atoms with Gasteiger partial charge in [0.25, 0.3) is 0 Å². The molecule has 0 heterocycles. The largest absolute Gasteiger partial charge is 0.465 e. The number of nitrogens with zero attached hydrogens (tertiary/aromatic N) is 1. The summed E-state index contributed by atoms with van der Waals surface area (Å²) in [5, 5.41) is 0.398. The van der Waals surface area contributed by atoms with Crippen molar-refractivity contribution in [2.24, 2.45) is 4.99 Å². The number of hydrogen-bond donors (Lipinski definition) is 0. The van der Waals surface area contributed by atoms with Crippen LogP contribution >= 0.6 is 11.6 Å². The van der Waals surface area contributed by atoms with Crippen molar-refractivity contribution in [1.82, 2.24) is 0 Å². The van der Waals surface area contributed by atoms with Gasteiger partial charge in [-0.1, -0.05) is 11.6 Å². The lowest BCUT2D eigenvalue weighted by molar-refractivity contribution is -0.132. The van der Waals surface area contributed by atoms with Crippen LogP contribution in [0.25, 0.3) is 0 Å². The van der Waals surface area contributed by atoms with Gasteiger partial charge >= 0.3 is 11.9 Å². The molecule has 1 aromatic rings. The van der Waals surface area contributed by atoms with Crippen LogP contribution in [0.2, 0.25) is 5.02 Å². The highest BCUT2D eigenvalue weighted by molar-refractivity contribution is 6.31. The van der Waals surface area contributed by atoms with Gasteiger partial charge in [0.1, 0.15) is 6.21 Å². The minimum absolute atomic E-state index is 0.219. The third kappa shape index (κ3) is 3.57. The predicted octanol–water partition coefficient (Wildman–Crippen LogP) is 2.00. The Kier molecular flexibility index (Phi) is 4.66. The SMILES string of the molecule is COC(=O)C=Nc1cc(Cl)ccc1C(=O)OC. The minimum Gasteiger partial charge on any atom is -0.465 e. The summed E-state index contributed by atoms with van der Waals surface area (Å²) in [4.78, 5) is 26.1. The van der Waals surface area contributed by atoms with E-state index in [1.54, 1.807) is 0 Å². The van der Waals surface area contributed by atoms with Crippen molar-refractivity contribution in [1.29, 1.82) is 0 Å². The molecule has 0 atom stereocenters. The first kappa shape index (κ1) is 13.2. The first-order chi connectivity index (χ1) is 8.08. The van der Waals surface area contributed by atoms with E-state index in [1.165, 1.54) is 32.4 Å². The molecular formula is C11H10ClNO4. The first-order valence-electron chi connectivity index (χ1n) is 4.58. The monoisotopic (exact) mass is 255 g/mol. The number of aliphatic imine (C=N–C) groups is 1. The van der Waals surface area contributed by atoms with Crippen LogP contribution in [0.1, 0.15) is 10.4 Å². The number of benzene rings is 1. The van der Waals surface area contributed by atoms with Crippen LogP contribution in [-0.2, 0) is 14.3 Å². The van der Waals surface area contributed by atoms with Gasteiger partial charge in [-0.2, -0.15) is 0 Å². The van der Waals surface area contributed by atoms with Crippen molar-refractivity contribution in [3.05, 3.63) is 28.8 Å². The van der Waals surface area contributed by atoms with Crippen LogP contribution in [0.5, 0.6) is 0 Å². The van der Waals surface area contributed by atoms with Crippen molar-refractivity contribution in [3.63, 3.8) is 0 Å². The molecule has 0 radical (unpaired) electrons. The van der Waals surface area contributed by atoms with E-state index in [-0.39, 0.29) is 11.3 Å². The highest BCUT2D eigenvalue weighted by Crippen LogP contribution is 2.24. The number of rotatable bonds is 3. The molecule has 0 N–H and O–H groups in total. The fourth-order valence-corrected chi connectivity index (χ4v) is 1.24. The van der Waals surface area contributed by atoms with Crippen LogP contribution in [0, 0.1) is 0 Å². The molecule has 0 saturated heterocycles. The number of hydrogen-bond acceptors (Lipinski definition) is 5. The van der Waals surface area contributed by atoms with Gasteiger partial charge in [-0.3, -0.25) is 0 Å². The van der Waals surface area contributed by atoms with Gasteiger partial charge in [0.05, 0.1) is 25.5 Å². The summed E-state index contributed by atoms with van der Waals surface area (Å²) in [5.41, 5.74) is 0.465. The zero-order valence-corrected chi connectivity index (χ0v) is 10.0. The van der Waals surface area contributed by atoms with Crippen molar-refractivity contribution in [2.45, 2.75) is 0 Å². The Bertz CT molecular complexity index is 471. The Morgan fingerprint density at radius 3 is 2.59 bits per heavy atom. The van der Waals surface area contributed by atoms with Crippen LogP contribution < -0.4 is 0 Å². The lowest BCUT2D eigenvalue weighted by Crippen LogP contribution is -2.03. The zero-order valence-electron chi connectivity index (χ0n) is 9.27. The molecule has 17 heavy (non-hydrogen) atoms. The Morgan fingerprint density at radius 2 is 2.00 bits per heavy atom. The van der Waals surface area contributed by atoms with E-state index >= 15 is 0 Å². The molecule has 0 fully saturated rings. The molecule has 0 bridgehead atoms. The van der Waals surface area contributed by atoms with Crippen molar-refractivity contribution in [2.75, 3.05) is 14.2 Å². The lowest BCUT2D eigenvalue weighted by atomic mass is 10.2. The highest BCUT2D eigenvalue weighted by Gasteiger charge is 2.11. The normalized spacial score (nSPS) is 10.3. The van der Waals surface area contributed by atoms with Gasteiger partial charge in [-0.05, 0) is 18.2 Å². The summed E-state index contributed by atoms with van der Waals surface area (Å²) in [7, 11) is 2.48. The lowest BCUT2D eigenvalue weighted by Gasteiger charge is -2.03. The molecule has 0 aliphatic rings. The first-order valence-corrected chi connectivity index (χ1v) is 4.96. The van der Waals surface area contributed by atoms with Gasteiger partial charge in [-0.15, -0.1) is 0 Å². The number of carbonyl (C=O) groups excluding carboxylic acids is 2. The molecule has 0 aromatic heterocycles.